The van der Waals surface area contributed by atoms with Crippen LogP contribution in [0.1, 0.15) is 43.2 Å². The molecule has 0 aliphatic heterocycles. The molecule has 0 unspecified atom stereocenters. The molecule has 41 heavy (non-hydrogen) atoms. The molecule has 0 aromatic heterocycles. The molecule has 1 N–H and O–H groups in total. The molecule has 9 heteroatoms. The van der Waals surface area contributed by atoms with Gasteiger partial charge in [0.05, 0.1) is 5.69 Å². The molecule has 1 fully saturated rings. The maximum absolute atomic E-state index is 14.3. The lowest BCUT2D eigenvalue weighted by Crippen LogP contribution is -2.55. The summed E-state index contributed by atoms with van der Waals surface area (Å²) in [5, 5.41) is 3.22. The SMILES string of the molecule is CN(C)S(=O)(=O)N(CC(=O)N(Cc1ccccc1)[C@H](Cc1ccccc1)C(=O)NC1CCCCC1)c1ccccc1. The predicted molar refractivity (Wildman–Crippen MR) is 162 cm³/mol. The number of para-hydroxylation sites is 1. The van der Waals surface area contributed by atoms with Gasteiger partial charge in [0.2, 0.25) is 11.8 Å². The highest BCUT2D eigenvalue weighted by molar-refractivity contribution is 7.90. The number of hydrogen-bond acceptors (Lipinski definition) is 4. The highest BCUT2D eigenvalue weighted by atomic mass is 32.2. The largest absolute Gasteiger partial charge is 0.352 e. The van der Waals surface area contributed by atoms with Crippen LogP contribution in [-0.4, -0.2) is 62.2 Å². The van der Waals surface area contributed by atoms with Crippen molar-refractivity contribution in [2.75, 3.05) is 24.9 Å². The van der Waals surface area contributed by atoms with E-state index < -0.39 is 28.7 Å². The Bertz CT molecular complexity index is 1360. The van der Waals surface area contributed by atoms with Gasteiger partial charge in [-0.05, 0) is 36.1 Å². The fourth-order valence-corrected chi connectivity index (χ4v) is 6.25. The Kier molecular flexibility index (Phi) is 10.5. The maximum atomic E-state index is 14.3. The number of carbonyl (C=O) groups excluding carboxylic acids is 2. The summed E-state index contributed by atoms with van der Waals surface area (Å²) in [4.78, 5) is 29.8. The highest BCUT2D eigenvalue weighted by Gasteiger charge is 2.35. The summed E-state index contributed by atoms with van der Waals surface area (Å²) in [5.74, 6) is -0.672. The van der Waals surface area contributed by atoms with E-state index in [4.69, 9.17) is 0 Å². The fraction of sp³-hybridized carbons (Fsp3) is 0.375. The molecule has 3 aromatic rings. The summed E-state index contributed by atoms with van der Waals surface area (Å²) >= 11 is 0. The topological polar surface area (TPSA) is 90.0 Å². The lowest BCUT2D eigenvalue weighted by Gasteiger charge is -2.35. The van der Waals surface area contributed by atoms with Gasteiger partial charge in [0.25, 0.3) is 0 Å². The smallest absolute Gasteiger partial charge is 0.304 e. The van der Waals surface area contributed by atoms with Crippen LogP contribution < -0.4 is 9.62 Å². The number of nitrogens with one attached hydrogen (secondary N) is 1. The van der Waals surface area contributed by atoms with E-state index in [1.54, 1.807) is 35.2 Å². The van der Waals surface area contributed by atoms with Crippen molar-refractivity contribution < 1.29 is 18.0 Å². The highest BCUT2D eigenvalue weighted by Crippen LogP contribution is 2.23. The molecule has 0 bridgehead atoms. The van der Waals surface area contributed by atoms with Crippen molar-refractivity contribution >= 4 is 27.7 Å². The van der Waals surface area contributed by atoms with E-state index in [0.717, 1.165) is 51.8 Å². The normalized spacial score (nSPS) is 14.8. The summed E-state index contributed by atoms with van der Waals surface area (Å²) in [6, 6.07) is 26.9. The number of anilines is 1. The molecule has 3 aromatic carbocycles. The molecule has 0 radical (unpaired) electrons. The van der Waals surface area contributed by atoms with Crippen molar-refractivity contribution in [3.63, 3.8) is 0 Å². The van der Waals surface area contributed by atoms with E-state index in [1.807, 2.05) is 60.7 Å². The standard InChI is InChI=1S/C32H40N4O4S/c1-34(2)41(39,40)36(29-21-13-6-14-22-29)25-31(37)35(24-27-17-9-4-10-18-27)30(23-26-15-7-3-8-16-26)32(38)33-28-19-11-5-12-20-28/h3-4,6-10,13-18,21-22,28,30H,5,11-12,19-20,23-25H2,1-2H3,(H,33,38)/t30-/m1/s1. The summed E-state index contributed by atoms with van der Waals surface area (Å²) in [5.41, 5.74) is 2.15. The van der Waals surface area contributed by atoms with E-state index >= 15 is 0 Å². The molecule has 2 amide bonds. The lowest BCUT2D eigenvalue weighted by atomic mass is 9.94. The summed E-state index contributed by atoms with van der Waals surface area (Å²) < 4.78 is 29.0. The van der Waals surface area contributed by atoms with Gasteiger partial charge >= 0.3 is 10.2 Å². The van der Waals surface area contributed by atoms with Gasteiger partial charge in [-0.3, -0.25) is 9.59 Å². The Morgan fingerprint density at radius 3 is 1.90 bits per heavy atom. The Morgan fingerprint density at radius 1 is 0.805 bits per heavy atom. The van der Waals surface area contributed by atoms with Crippen LogP contribution in [0.5, 0.6) is 0 Å². The van der Waals surface area contributed by atoms with Crippen LogP contribution >= 0.6 is 0 Å². The Morgan fingerprint density at radius 2 is 1.34 bits per heavy atom. The summed E-state index contributed by atoms with van der Waals surface area (Å²) in [6.07, 6.45) is 5.43. The van der Waals surface area contributed by atoms with Gasteiger partial charge < -0.3 is 10.2 Å². The molecule has 218 valence electrons. The number of amides is 2. The van der Waals surface area contributed by atoms with E-state index in [1.165, 1.54) is 14.1 Å². The van der Waals surface area contributed by atoms with Crippen LogP contribution in [0.2, 0.25) is 0 Å². The minimum absolute atomic E-state index is 0.0677. The first-order valence-electron chi connectivity index (χ1n) is 14.2. The molecule has 0 saturated heterocycles. The quantitative estimate of drug-likeness (QED) is 0.346. The van der Waals surface area contributed by atoms with Crippen LogP contribution in [0.25, 0.3) is 0 Å². The van der Waals surface area contributed by atoms with Crippen molar-refractivity contribution in [3.8, 4) is 0 Å². The number of nitrogens with zero attached hydrogens (tertiary/aromatic N) is 3. The molecule has 1 aliphatic rings. The first-order valence-corrected chi connectivity index (χ1v) is 15.6. The van der Waals surface area contributed by atoms with Gasteiger partial charge in [0.15, 0.2) is 0 Å². The second-order valence-electron chi connectivity index (χ2n) is 10.7. The van der Waals surface area contributed by atoms with Crippen molar-refractivity contribution in [1.82, 2.24) is 14.5 Å². The third-order valence-corrected chi connectivity index (χ3v) is 9.30. The Balaban J connectivity index is 1.72. The predicted octanol–water partition coefficient (Wildman–Crippen LogP) is 4.39. The maximum Gasteiger partial charge on any atom is 0.304 e. The third kappa shape index (κ3) is 8.17. The molecular weight excluding hydrogens is 536 g/mol. The van der Waals surface area contributed by atoms with Crippen LogP contribution in [0.3, 0.4) is 0 Å². The number of rotatable bonds is 12. The van der Waals surface area contributed by atoms with Gasteiger partial charge in [0, 0.05) is 33.1 Å². The number of benzene rings is 3. The molecule has 4 rings (SSSR count). The van der Waals surface area contributed by atoms with Crippen LogP contribution in [0.4, 0.5) is 5.69 Å². The second-order valence-corrected chi connectivity index (χ2v) is 12.8. The zero-order valence-corrected chi connectivity index (χ0v) is 24.7. The molecule has 1 aliphatic carbocycles. The molecule has 0 spiro atoms. The monoisotopic (exact) mass is 576 g/mol. The van der Waals surface area contributed by atoms with Crippen molar-refractivity contribution in [3.05, 3.63) is 102 Å². The number of hydrogen-bond donors (Lipinski definition) is 1. The van der Waals surface area contributed by atoms with Crippen LogP contribution in [0, 0.1) is 0 Å². The minimum atomic E-state index is -4.00. The molecular formula is C32H40N4O4S. The van der Waals surface area contributed by atoms with Gasteiger partial charge in [-0.2, -0.15) is 12.7 Å². The van der Waals surface area contributed by atoms with Crippen molar-refractivity contribution in [2.24, 2.45) is 0 Å². The molecule has 0 heterocycles. The van der Waals surface area contributed by atoms with Crippen LogP contribution in [0.15, 0.2) is 91.0 Å². The first kappa shape index (κ1) is 30.3. The van der Waals surface area contributed by atoms with Gasteiger partial charge in [-0.15, -0.1) is 0 Å². The van der Waals surface area contributed by atoms with Crippen molar-refractivity contribution in [1.29, 1.82) is 0 Å². The fourth-order valence-electron chi connectivity index (χ4n) is 5.19. The van der Waals surface area contributed by atoms with Crippen LogP contribution in [-0.2, 0) is 32.8 Å². The number of carbonyl (C=O) groups is 2. The third-order valence-electron chi connectivity index (χ3n) is 7.48. The summed E-state index contributed by atoms with van der Waals surface area (Å²) in [7, 11) is -1.13. The van der Waals surface area contributed by atoms with Gasteiger partial charge in [0.1, 0.15) is 12.6 Å². The lowest BCUT2D eigenvalue weighted by molar-refractivity contribution is -0.140. The second kappa shape index (κ2) is 14.3. The minimum Gasteiger partial charge on any atom is -0.352 e. The van der Waals surface area contributed by atoms with Gasteiger partial charge in [-0.25, -0.2) is 4.31 Å². The van der Waals surface area contributed by atoms with E-state index in [0.29, 0.717) is 12.1 Å². The molecule has 1 saturated carbocycles. The zero-order valence-electron chi connectivity index (χ0n) is 23.9. The average molecular weight is 577 g/mol. The van der Waals surface area contributed by atoms with E-state index in [-0.39, 0.29) is 18.5 Å². The Hall–Kier alpha value is -3.69. The molecule has 8 nitrogen and oxygen atoms in total. The van der Waals surface area contributed by atoms with E-state index in [9.17, 15) is 18.0 Å². The average Bonchev–Trinajstić information content (AvgIpc) is 2.99. The van der Waals surface area contributed by atoms with Crippen molar-refractivity contribution in [2.45, 2.75) is 57.2 Å². The molecule has 1 atom stereocenters. The zero-order chi connectivity index (χ0) is 29.2. The van der Waals surface area contributed by atoms with E-state index in [2.05, 4.69) is 5.32 Å². The first-order chi connectivity index (χ1) is 19.8. The van der Waals surface area contributed by atoms with Gasteiger partial charge in [-0.1, -0.05) is 98.1 Å². The Labute approximate surface area is 244 Å². The summed E-state index contributed by atoms with van der Waals surface area (Å²) in [6.45, 7) is -0.279.